The van der Waals surface area contributed by atoms with Gasteiger partial charge in [-0.3, -0.25) is 9.36 Å². The summed E-state index contributed by atoms with van der Waals surface area (Å²) in [6, 6.07) is 5.54. The van der Waals surface area contributed by atoms with E-state index in [9.17, 15) is 9.36 Å². The number of furan rings is 1. The van der Waals surface area contributed by atoms with Crippen molar-refractivity contribution in [3.63, 3.8) is 0 Å². The molecule has 0 fully saturated rings. The van der Waals surface area contributed by atoms with Gasteiger partial charge in [0.1, 0.15) is 11.9 Å². The molecular weight excluding hydrogens is 351 g/mol. The molecule has 0 radical (unpaired) electrons. The molecule has 3 rings (SSSR count). The average molecular weight is 368 g/mol. The topological polar surface area (TPSA) is 75.0 Å². The quantitative estimate of drug-likeness (QED) is 0.466. The lowest BCUT2D eigenvalue weighted by atomic mass is 10.1. The lowest BCUT2D eigenvalue weighted by molar-refractivity contribution is 0.101. The van der Waals surface area contributed by atoms with E-state index >= 15 is 0 Å². The van der Waals surface area contributed by atoms with Gasteiger partial charge in [0.15, 0.2) is 17.1 Å². The lowest BCUT2D eigenvalue weighted by Crippen LogP contribution is -2.06. The summed E-state index contributed by atoms with van der Waals surface area (Å²) in [5.74, 6) is 1.10. The standard InChI is InChI=1S/C16H17O6PS/c1-9-5-11-10-6-15(12(17)8-23(18,20-3)21-4)24-14(10)7-13(19-2)16(11)22-9/h5-7H,8H2,1-4H3. The van der Waals surface area contributed by atoms with Crippen molar-refractivity contribution in [3.8, 4) is 5.75 Å². The predicted octanol–water partition coefficient (Wildman–Crippen LogP) is 4.63. The van der Waals surface area contributed by atoms with Gasteiger partial charge in [-0.1, -0.05) is 0 Å². The summed E-state index contributed by atoms with van der Waals surface area (Å²) in [6.45, 7) is 1.86. The number of aryl methyl sites for hydroxylation is 1. The summed E-state index contributed by atoms with van der Waals surface area (Å²) in [5.41, 5.74) is 0.652. The van der Waals surface area contributed by atoms with Gasteiger partial charge in [0.05, 0.1) is 12.0 Å². The molecular formula is C16H17O6PS. The Balaban J connectivity index is 2.10. The Morgan fingerprint density at radius 2 is 1.88 bits per heavy atom. The van der Waals surface area contributed by atoms with Gasteiger partial charge in [0, 0.05) is 35.8 Å². The smallest absolute Gasteiger partial charge is 0.337 e. The summed E-state index contributed by atoms with van der Waals surface area (Å²) in [5, 5.41) is 1.79. The third kappa shape index (κ3) is 2.89. The SMILES string of the molecule is COc1cc2sc(C(=O)CP(=O)(OC)OC)cc2c2cc(C)oc12. The highest BCUT2D eigenvalue weighted by atomic mass is 32.1. The number of methoxy groups -OCH3 is 1. The molecule has 2 heterocycles. The van der Waals surface area contributed by atoms with Crippen LogP contribution >= 0.6 is 18.9 Å². The van der Waals surface area contributed by atoms with Crippen LogP contribution < -0.4 is 4.74 Å². The number of ether oxygens (including phenoxy) is 1. The zero-order valence-corrected chi connectivity index (χ0v) is 15.5. The van der Waals surface area contributed by atoms with Crippen molar-refractivity contribution in [1.82, 2.24) is 0 Å². The molecule has 0 N–H and O–H groups in total. The van der Waals surface area contributed by atoms with Gasteiger partial charge in [-0.2, -0.15) is 0 Å². The molecule has 0 spiro atoms. The van der Waals surface area contributed by atoms with E-state index < -0.39 is 7.60 Å². The first kappa shape index (κ1) is 17.2. The second-order valence-electron chi connectivity index (χ2n) is 5.26. The Bertz CT molecular complexity index is 962. The van der Waals surface area contributed by atoms with Crippen LogP contribution in [0.2, 0.25) is 0 Å². The number of fused-ring (bicyclic) bond motifs is 3. The van der Waals surface area contributed by atoms with Crippen LogP contribution in [0.15, 0.2) is 22.6 Å². The van der Waals surface area contributed by atoms with Crippen LogP contribution in [0.3, 0.4) is 0 Å². The predicted molar refractivity (Wildman–Crippen MR) is 93.7 cm³/mol. The average Bonchev–Trinajstić information content (AvgIpc) is 3.16. The maximum Gasteiger partial charge on any atom is 0.337 e. The zero-order valence-electron chi connectivity index (χ0n) is 13.7. The van der Waals surface area contributed by atoms with Gasteiger partial charge in [0.2, 0.25) is 0 Å². The van der Waals surface area contributed by atoms with Crippen molar-refractivity contribution in [3.05, 3.63) is 28.8 Å². The van der Waals surface area contributed by atoms with Crippen molar-refractivity contribution in [1.29, 1.82) is 0 Å². The minimum Gasteiger partial charge on any atom is -0.493 e. The Morgan fingerprint density at radius 1 is 1.17 bits per heavy atom. The summed E-state index contributed by atoms with van der Waals surface area (Å²) < 4.78 is 33.8. The van der Waals surface area contributed by atoms with Crippen molar-refractivity contribution in [2.75, 3.05) is 27.5 Å². The Hall–Kier alpha value is -1.66. The first-order valence-corrected chi connectivity index (χ1v) is 9.69. The molecule has 0 atom stereocenters. The second kappa shape index (κ2) is 6.33. The third-order valence-corrected chi connectivity index (χ3v) is 6.69. The fourth-order valence-corrected chi connectivity index (χ4v) is 4.63. The number of carbonyl (C=O) groups is 1. The third-order valence-electron chi connectivity index (χ3n) is 3.78. The molecule has 0 aliphatic heterocycles. The molecule has 0 aliphatic rings. The van der Waals surface area contributed by atoms with E-state index in [0.29, 0.717) is 16.2 Å². The summed E-state index contributed by atoms with van der Waals surface area (Å²) in [4.78, 5) is 13.0. The Kier molecular flexibility index (Phi) is 4.53. The summed E-state index contributed by atoms with van der Waals surface area (Å²) >= 11 is 1.32. The van der Waals surface area contributed by atoms with Gasteiger partial charge in [0.25, 0.3) is 0 Å². The highest BCUT2D eigenvalue weighted by Crippen LogP contribution is 2.47. The molecule has 1 aromatic carbocycles. The molecule has 3 aromatic rings. The van der Waals surface area contributed by atoms with Gasteiger partial charge in [-0.15, -0.1) is 11.3 Å². The lowest BCUT2D eigenvalue weighted by Gasteiger charge is -2.11. The van der Waals surface area contributed by atoms with Crippen molar-refractivity contribution in [2.45, 2.75) is 6.92 Å². The maximum absolute atomic E-state index is 12.5. The fourth-order valence-electron chi connectivity index (χ4n) is 2.55. The van der Waals surface area contributed by atoms with Crippen LogP contribution in [0.4, 0.5) is 0 Å². The van der Waals surface area contributed by atoms with Gasteiger partial charge in [-0.05, 0) is 19.1 Å². The summed E-state index contributed by atoms with van der Waals surface area (Å²) in [7, 11) is 0.722. The van der Waals surface area contributed by atoms with Crippen molar-refractivity contribution < 1.29 is 27.6 Å². The molecule has 128 valence electrons. The molecule has 8 heteroatoms. The van der Waals surface area contributed by atoms with Gasteiger partial charge >= 0.3 is 7.60 Å². The van der Waals surface area contributed by atoms with E-state index in [0.717, 1.165) is 21.2 Å². The number of Topliss-reactive ketones (excluding diaryl/α,β-unsaturated/α-hetero) is 1. The van der Waals surface area contributed by atoms with E-state index in [2.05, 4.69) is 0 Å². The molecule has 0 bridgehead atoms. The van der Waals surface area contributed by atoms with Crippen molar-refractivity contribution >= 4 is 45.8 Å². The minimum absolute atomic E-state index is 0.282. The summed E-state index contributed by atoms with van der Waals surface area (Å²) in [6.07, 6.45) is -0.294. The van der Waals surface area contributed by atoms with Crippen LogP contribution in [0.25, 0.3) is 21.1 Å². The number of ketones is 1. The number of hydrogen-bond donors (Lipinski definition) is 0. The highest BCUT2D eigenvalue weighted by Gasteiger charge is 2.27. The number of carbonyl (C=O) groups excluding carboxylic acids is 1. The van der Waals surface area contributed by atoms with Gasteiger partial charge < -0.3 is 18.2 Å². The van der Waals surface area contributed by atoms with Crippen LogP contribution in [-0.2, 0) is 13.6 Å². The molecule has 6 nitrogen and oxygen atoms in total. The second-order valence-corrected chi connectivity index (χ2v) is 8.61. The fraction of sp³-hybridized carbons (Fsp3) is 0.312. The molecule has 0 amide bonds. The number of hydrogen-bond acceptors (Lipinski definition) is 7. The van der Waals surface area contributed by atoms with Crippen molar-refractivity contribution in [2.24, 2.45) is 0 Å². The molecule has 2 aromatic heterocycles. The van der Waals surface area contributed by atoms with E-state index in [1.807, 2.05) is 19.1 Å². The number of rotatable bonds is 6. The molecule has 0 unspecified atom stereocenters. The Morgan fingerprint density at radius 3 is 2.50 bits per heavy atom. The largest absolute Gasteiger partial charge is 0.493 e. The van der Waals surface area contributed by atoms with E-state index in [4.69, 9.17) is 18.2 Å². The highest BCUT2D eigenvalue weighted by molar-refractivity contribution is 7.55. The first-order valence-electron chi connectivity index (χ1n) is 7.15. The first-order chi connectivity index (χ1) is 11.4. The van der Waals surface area contributed by atoms with E-state index in [-0.39, 0.29) is 11.9 Å². The molecule has 0 saturated carbocycles. The minimum atomic E-state index is -3.39. The van der Waals surface area contributed by atoms with E-state index in [1.165, 1.54) is 25.6 Å². The van der Waals surface area contributed by atoms with Gasteiger partial charge in [-0.25, -0.2) is 0 Å². The molecule has 0 saturated heterocycles. The monoisotopic (exact) mass is 368 g/mol. The van der Waals surface area contributed by atoms with Crippen LogP contribution in [0.5, 0.6) is 5.75 Å². The number of benzene rings is 1. The molecule has 0 aliphatic carbocycles. The molecule has 24 heavy (non-hydrogen) atoms. The number of thiophene rings is 1. The van der Waals surface area contributed by atoms with Crippen LogP contribution in [0, 0.1) is 6.92 Å². The zero-order chi connectivity index (χ0) is 17.5. The van der Waals surface area contributed by atoms with Crippen LogP contribution in [-0.4, -0.2) is 33.3 Å². The van der Waals surface area contributed by atoms with E-state index in [1.54, 1.807) is 13.2 Å². The Labute approximate surface area is 142 Å². The van der Waals surface area contributed by atoms with Crippen LogP contribution in [0.1, 0.15) is 15.4 Å². The maximum atomic E-state index is 12.5. The normalized spacial score (nSPS) is 12.2.